The highest BCUT2D eigenvalue weighted by molar-refractivity contribution is 5.91. The molecule has 0 unspecified atom stereocenters. The first kappa shape index (κ1) is 14.8. The molecule has 0 radical (unpaired) electrons. The minimum atomic E-state index is -0.127. The van der Waals surface area contributed by atoms with Crippen molar-refractivity contribution in [3.8, 4) is 0 Å². The molecule has 1 rings (SSSR count). The molecule has 4 nitrogen and oxygen atoms in total. The Morgan fingerprint density at radius 1 is 1.33 bits per heavy atom. The van der Waals surface area contributed by atoms with Gasteiger partial charge in [-0.25, -0.2) is 0 Å². The molecule has 0 aliphatic carbocycles. The van der Waals surface area contributed by atoms with Gasteiger partial charge in [-0.1, -0.05) is 20.8 Å². The number of hydrogen-bond acceptors (Lipinski definition) is 3. The predicted molar refractivity (Wildman–Crippen MR) is 70.6 cm³/mol. The number of rotatable bonds is 7. The van der Waals surface area contributed by atoms with E-state index >= 15 is 0 Å². The molecule has 18 heavy (non-hydrogen) atoms. The summed E-state index contributed by atoms with van der Waals surface area (Å²) in [5, 5.41) is 9.10. The highest BCUT2D eigenvalue weighted by Gasteiger charge is 2.24. The Balaban J connectivity index is 2.87. The molecule has 0 spiro atoms. The Hall–Kier alpha value is -1.29. The quantitative estimate of drug-likeness (QED) is 0.812. The Labute approximate surface area is 109 Å². The van der Waals surface area contributed by atoms with Crippen LogP contribution in [0, 0.1) is 0 Å². The maximum Gasteiger partial charge on any atom is 0.289 e. The fourth-order valence-electron chi connectivity index (χ4n) is 2.11. The van der Waals surface area contributed by atoms with Crippen molar-refractivity contribution in [3.63, 3.8) is 0 Å². The van der Waals surface area contributed by atoms with Crippen molar-refractivity contribution in [3.05, 3.63) is 23.7 Å². The summed E-state index contributed by atoms with van der Waals surface area (Å²) >= 11 is 0. The fraction of sp³-hybridized carbons (Fsp3) is 0.643. The third kappa shape index (κ3) is 3.35. The molecular formula is C14H23NO3. The van der Waals surface area contributed by atoms with Gasteiger partial charge in [0.15, 0.2) is 5.76 Å². The standard InChI is InChI=1S/C14H23NO3/c1-4-11(5-2)15(9-10-16)14(17)13-8-7-12(6-3)18-13/h7-8,11,16H,4-6,9-10H2,1-3H3. The summed E-state index contributed by atoms with van der Waals surface area (Å²) in [6, 6.07) is 3.70. The monoisotopic (exact) mass is 253 g/mol. The van der Waals surface area contributed by atoms with Crippen LogP contribution >= 0.6 is 0 Å². The molecule has 0 atom stereocenters. The lowest BCUT2D eigenvalue weighted by Gasteiger charge is -2.29. The summed E-state index contributed by atoms with van der Waals surface area (Å²) in [5.74, 6) is 1.05. The molecule has 1 amide bonds. The third-order valence-corrected chi connectivity index (χ3v) is 3.21. The molecule has 1 N–H and O–H groups in total. The molecule has 4 heteroatoms. The lowest BCUT2D eigenvalue weighted by molar-refractivity contribution is 0.0588. The topological polar surface area (TPSA) is 53.7 Å². The van der Waals surface area contributed by atoms with Crippen LogP contribution in [0.4, 0.5) is 0 Å². The van der Waals surface area contributed by atoms with Gasteiger partial charge in [0, 0.05) is 19.0 Å². The number of aliphatic hydroxyl groups is 1. The molecule has 0 saturated carbocycles. The zero-order chi connectivity index (χ0) is 13.5. The number of hydrogen-bond donors (Lipinski definition) is 1. The molecule has 102 valence electrons. The second-order valence-electron chi connectivity index (χ2n) is 4.31. The first-order valence-electron chi connectivity index (χ1n) is 6.68. The van der Waals surface area contributed by atoms with Crippen LogP contribution in [0.15, 0.2) is 16.5 Å². The van der Waals surface area contributed by atoms with Gasteiger partial charge in [-0.2, -0.15) is 0 Å². The number of amides is 1. The van der Waals surface area contributed by atoms with E-state index in [9.17, 15) is 4.79 Å². The van der Waals surface area contributed by atoms with Gasteiger partial charge in [0.05, 0.1) is 6.61 Å². The third-order valence-electron chi connectivity index (χ3n) is 3.21. The zero-order valence-electron chi connectivity index (χ0n) is 11.5. The molecule has 1 aromatic rings. The second-order valence-corrected chi connectivity index (χ2v) is 4.31. The van der Waals surface area contributed by atoms with E-state index in [2.05, 4.69) is 0 Å². The Kier molecular flexibility index (Phi) is 5.92. The van der Waals surface area contributed by atoms with Crippen molar-refractivity contribution in [2.45, 2.75) is 46.1 Å². The van der Waals surface area contributed by atoms with Gasteiger partial charge < -0.3 is 14.4 Å². The normalized spacial score (nSPS) is 10.9. The Bertz CT molecular complexity index is 369. The van der Waals surface area contributed by atoms with Gasteiger partial charge in [0.1, 0.15) is 5.76 Å². The van der Waals surface area contributed by atoms with Crippen molar-refractivity contribution in [1.82, 2.24) is 4.90 Å². The number of aliphatic hydroxyl groups excluding tert-OH is 1. The van der Waals surface area contributed by atoms with Crippen molar-refractivity contribution >= 4 is 5.91 Å². The van der Waals surface area contributed by atoms with Crippen molar-refractivity contribution in [2.75, 3.05) is 13.2 Å². The second kappa shape index (κ2) is 7.21. The van der Waals surface area contributed by atoms with Crippen LogP contribution in [0.3, 0.4) is 0 Å². The van der Waals surface area contributed by atoms with Gasteiger partial charge in [0.2, 0.25) is 0 Å². The molecule has 0 aliphatic rings. The first-order chi connectivity index (χ1) is 8.67. The number of nitrogens with zero attached hydrogens (tertiary/aromatic N) is 1. The fourth-order valence-corrected chi connectivity index (χ4v) is 2.11. The van der Waals surface area contributed by atoms with Gasteiger partial charge in [-0.15, -0.1) is 0 Å². The van der Waals surface area contributed by atoms with E-state index in [1.165, 1.54) is 0 Å². The van der Waals surface area contributed by atoms with Crippen molar-refractivity contribution < 1.29 is 14.3 Å². The van der Waals surface area contributed by atoms with E-state index in [4.69, 9.17) is 9.52 Å². The SMILES string of the molecule is CCc1ccc(C(=O)N(CCO)C(CC)CC)o1. The van der Waals surface area contributed by atoms with Crippen molar-refractivity contribution in [1.29, 1.82) is 0 Å². The summed E-state index contributed by atoms with van der Waals surface area (Å²) < 4.78 is 5.49. The summed E-state index contributed by atoms with van der Waals surface area (Å²) in [4.78, 5) is 14.1. The number of carbonyl (C=O) groups is 1. The van der Waals surface area contributed by atoms with E-state index in [1.54, 1.807) is 11.0 Å². The average Bonchev–Trinajstić information content (AvgIpc) is 2.87. The Morgan fingerprint density at radius 2 is 2.00 bits per heavy atom. The van der Waals surface area contributed by atoms with E-state index in [1.807, 2.05) is 26.8 Å². The van der Waals surface area contributed by atoms with Crippen LogP contribution in [0.1, 0.15) is 49.9 Å². The van der Waals surface area contributed by atoms with Crippen LogP contribution in [0.5, 0.6) is 0 Å². The van der Waals surface area contributed by atoms with Crippen LogP contribution in [-0.4, -0.2) is 35.1 Å². The number of furan rings is 1. The summed E-state index contributed by atoms with van der Waals surface area (Å²) in [5.41, 5.74) is 0. The lowest BCUT2D eigenvalue weighted by atomic mass is 10.1. The van der Waals surface area contributed by atoms with Gasteiger partial charge in [0.25, 0.3) is 5.91 Å². The molecule has 0 bridgehead atoms. The van der Waals surface area contributed by atoms with Crippen LogP contribution < -0.4 is 0 Å². The summed E-state index contributed by atoms with van der Waals surface area (Å²) in [6.45, 7) is 6.41. The predicted octanol–water partition coefficient (Wildman–Crippen LogP) is 2.47. The minimum Gasteiger partial charge on any atom is -0.456 e. The highest BCUT2D eigenvalue weighted by atomic mass is 16.4. The van der Waals surface area contributed by atoms with Gasteiger partial charge in [-0.05, 0) is 25.0 Å². The van der Waals surface area contributed by atoms with E-state index in [-0.39, 0.29) is 18.6 Å². The smallest absolute Gasteiger partial charge is 0.289 e. The molecule has 0 aromatic carbocycles. The van der Waals surface area contributed by atoms with Crippen LogP contribution in [0.2, 0.25) is 0 Å². The Morgan fingerprint density at radius 3 is 2.44 bits per heavy atom. The molecule has 1 heterocycles. The summed E-state index contributed by atoms with van der Waals surface area (Å²) in [6.07, 6.45) is 2.53. The molecular weight excluding hydrogens is 230 g/mol. The maximum absolute atomic E-state index is 12.3. The zero-order valence-corrected chi connectivity index (χ0v) is 11.5. The average molecular weight is 253 g/mol. The van der Waals surface area contributed by atoms with E-state index in [0.29, 0.717) is 12.3 Å². The number of carbonyl (C=O) groups excluding carboxylic acids is 1. The molecule has 0 aliphatic heterocycles. The first-order valence-corrected chi connectivity index (χ1v) is 6.68. The van der Waals surface area contributed by atoms with E-state index in [0.717, 1.165) is 25.0 Å². The van der Waals surface area contributed by atoms with Crippen LogP contribution in [-0.2, 0) is 6.42 Å². The number of aryl methyl sites for hydroxylation is 1. The molecule has 0 fully saturated rings. The van der Waals surface area contributed by atoms with Crippen LogP contribution in [0.25, 0.3) is 0 Å². The van der Waals surface area contributed by atoms with Crippen molar-refractivity contribution in [2.24, 2.45) is 0 Å². The minimum absolute atomic E-state index is 0.0242. The van der Waals surface area contributed by atoms with Gasteiger partial charge in [-0.3, -0.25) is 4.79 Å². The maximum atomic E-state index is 12.3. The van der Waals surface area contributed by atoms with E-state index < -0.39 is 0 Å². The van der Waals surface area contributed by atoms with Gasteiger partial charge >= 0.3 is 0 Å². The summed E-state index contributed by atoms with van der Waals surface area (Å²) in [7, 11) is 0. The lowest BCUT2D eigenvalue weighted by Crippen LogP contribution is -2.41. The largest absolute Gasteiger partial charge is 0.456 e. The molecule has 1 aromatic heterocycles. The molecule has 0 saturated heterocycles. The highest BCUT2D eigenvalue weighted by Crippen LogP contribution is 2.16.